The van der Waals surface area contributed by atoms with Crippen LogP contribution in [0.4, 0.5) is 18.9 Å². The van der Waals surface area contributed by atoms with Crippen molar-refractivity contribution in [3.63, 3.8) is 0 Å². The Morgan fingerprint density at radius 2 is 1.92 bits per heavy atom. The van der Waals surface area contributed by atoms with Crippen molar-refractivity contribution < 1.29 is 30.9 Å². The third-order valence-corrected chi connectivity index (χ3v) is 5.30. The molecular formula is C16H15F3N2O4S. The minimum atomic E-state index is -4.78. The van der Waals surface area contributed by atoms with Crippen molar-refractivity contribution in [2.75, 3.05) is 18.6 Å². The first kappa shape index (κ1) is 18.4. The smallest absolute Gasteiger partial charge is 0.387 e. The molecule has 1 aliphatic carbocycles. The van der Waals surface area contributed by atoms with E-state index in [0.29, 0.717) is 11.8 Å². The first-order valence-corrected chi connectivity index (χ1v) is 9.55. The number of hydrogen-bond acceptors (Lipinski definition) is 6. The molecule has 1 saturated carbocycles. The van der Waals surface area contributed by atoms with Crippen molar-refractivity contribution >= 4 is 21.3 Å². The molecule has 0 unspecified atom stereocenters. The Morgan fingerprint density at radius 1 is 1.27 bits per heavy atom. The summed E-state index contributed by atoms with van der Waals surface area (Å²) in [5.74, 6) is -0.689. The van der Waals surface area contributed by atoms with E-state index in [1.165, 1.54) is 7.05 Å². The number of nitrogens with one attached hydrogen (secondary N) is 1. The first-order chi connectivity index (χ1) is 12.1. The molecule has 26 heavy (non-hydrogen) atoms. The highest BCUT2D eigenvalue weighted by atomic mass is 32.2. The van der Waals surface area contributed by atoms with Crippen LogP contribution >= 0.6 is 0 Å². The number of alkyl halides is 3. The van der Waals surface area contributed by atoms with E-state index < -0.39 is 37.9 Å². The number of nitrogens with zero attached hydrogens (tertiary/aromatic N) is 1. The lowest BCUT2D eigenvalue weighted by molar-refractivity contribution is -0.137. The van der Waals surface area contributed by atoms with Crippen LogP contribution in [0.3, 0.4) is 0 Å². The Kier molecular flexibility index (Phi) is 4.33. The molecule has 0 saturated heterocycles. The summed E-state index contributed by atoms with van der Waals surface area (Å²) in [6.07, 6.45) is -1.29. The van der Waals surface area contributed by atoms with Gasteiger partial charge in [0.15, 0.2) is 15.6 Å². The number of ketones is 1. The number of hydrogen-bond donors (Lipinski definition) is 1. The normalized spacial score (nSPS) is 15.1. The Balaban J connectivity index is 2.24. The fourth-order valence-electron chi connectivity index (χ4n) is 2.84. The van der Waals surface area contributed by atoms with Crippen LogP contribution in [0.1, 0.15) is 45.9 Å². The number of sulfone groups is 1. The SMILES string of the molecule is CNc1c(C(F)(F)F)ccc(C(=O)c2conc2C2CC2)c1S(C)(=O)=O. The van der Waals surface area contributed by atoms with E-state index in [1.54, 1.807) is 0 Å². The van der Waals surface area contributed by atoms with Gasteiger partial charge in [-0.15, -0.1) is 0 Å². The van der Waals surface area contributed by atoms with Crippen LogP contribution in [0.15, 0.2) is 27.8 Å². The lowest BCUT2D eigenvalue weighted by Crippen LogP contribution is -2.17. The van der Waals surface area contributed by atoms with E-state index in [0.717, 1.165) is 31.4 Å². The maximum atomic E-state index is 13.2. The van der Waals surface area contributed by atoms with Crippen LogP contribution in [0.2, 0.25) is 0 Å². The molecule has 0 bridgehead atoms. The quantitative estimate of drug-likeness (QED) is 0.791. The van der Waals surface area contributed by atoms with E-state index in [9.17, 15) is 26.4 Å². The maximum Gasteiger partial charge on any atom is 0.418 e. The average Bonchev–Trinajstić information content (AvgIpc) is 3.27. The number of carbonyl (C=O) groups excluding carboxylic acids is 1. The largest absolute Gasteiger partial charge is 0.418 e. The molecule has 1 N–H and O–H groups in total. The summed E-state index contributed by atoms with van der Waals surface area (Å²) in [4.78, 5) is 12.2. The van der Waals surface area contributed by atoms with Crippen molar-refractivity contribution in [3.05, 3.63) is 40.8 Å². The van der Waals surface area contributed by atoms with Gasteiger partial charge in [0.25, 0.3) is 0 Å². The Hall–Kier alpha value is -2.36. The second-order valence-electron chi connectivity index (χ2n) is 6.10. The van der Waals surface area contributed by atoms with E-state index in [4.69, 9.17) is 4.52 Å². The van der Waals surface area contributed by atoms with Crippen molar-refractivity contribution in [1.82, 2.24) is 5.16 Å². The molecule has 1 aromatic heterocycles. The Morgan fingerprint density at radius 3 is 2.42 bits per heavy atom. The molecule has 6 nitrogen and oxygen atoms in total. The minimum Gasteiger partial charge on any atom is -0.387 e. The molecule has 1 aromatic carbocycles. The lowest BCUT2D eigenvalue weighted by atomic mass is 9.99. The van der Waals surface area contributed by atoms with Crippen molar-refractivity contribution in [2.24, 2.45) is 0 Å². The van der Waals surface area contributed by atoms with Gasteiger partial charge in [-0.1, -0.05) is 5.16 Å². The number of benzene rings is 1. The molecule has 3 rings (SSSR count). The third-order valence-electron chi connectivity index (χ3n) is 4.13. The van der Waals surface area contributed by atoms with Gasteiger partial charge in [0.1, 0.15) is 11.2 Å². The van der Waals surface area contributed by atoms with Gasteiger partial charge in [-0.25, -0.2) is 8.42 Å². The molecule has 1 heterocycles. The summed E-state index contributed by atoms with van der Waals surface area (Å²) in [5.41, 5.74) is -1.70. The number of aromatic nitrogens is 1. The monoisotopic (exact) mass is 388 g/mol. The summed E-state index contributed by atoms with van der Waals surface area (Å²) in [7, 11) is -2.98. The first-order valence-electron chi connectivity index (χ1n) is 7.66. The number of carbonyl (C=O) groups is 1. The fraction of sp³-hybridized carbons (Fsp3) is 0.375. The number of anilines is 1. The van der Waals surface area contributed by atoms with Gasteiger partial charge >= 0.3 is 6.18 Å². The standard InChI is InChI=1S/C16H15F3N2O4S/c1-20-13-11(16(17,18)19)6-5-9(15(13)26(2,23)24)14(22)10-7-25-21-12(10)8-3-4-8/h5-8,20H,3-4H2,1-2H3. The molecular weight excluding hydrogens is 373 g/mol. The van der Waals surface area contributed by atoms with Crippen LogP contribution in [-0.4, -0.2) is 32.7 Å². The molecule has 2 aromatic rings. The van der Waals surface area contributed by atoms with E-state index in [1.807, 2.05) is 0 Å². The van der Waals surface area contributed by atoms with Crippen molar-refractivity contribution in [1.29, 1.82) is 0 Å². The molecule has 140 valence electrons. The summed E-state index contributed by atoms with van der Waals surface area (Å²) < 4.78 is 69.0. The van der Waals surface area contributed by atoms with E-state index >= 15 is 0 Å². The molecule has 1 fully saturated rings. The molecule has 0 aliphatic heterocycles. The highest BCUT2D eigenvalue weighted by molar-refractivity contribution is 7.91. The fourth-order valence-corrected chi connectivity index (χ4v) is 3.99. The highest BCUT2D eigenvalue weighted by Crippen LogP contribution is 2.43. The van der Waals surface area contributed by atoms with Crippen LogP contribution < -0.4 is 5.32 Å². The zero-order valence-corrected chi connectivity index (χ0v) is 14.7. The summed E-state index contributed by atoms with van der Waals surface area (Å²) >= 11 is 0. The van der Waals surface area contributed by atoms with Crippen LogP contribution in [0.5, 0.6) is 0 Å². The number of halogens is 3. The summed E-state index contributed by atoms with van der Waals surface area (Å²) in [6, 6.07) is 1.57. The summed E-state index contributed by atoms with van der Waals surface area (Å²) in [6.45, 7) is 0. The predicted octanol–water partition coefficient (Wildman–Crippen LogP) is 3.25. The highest BCUT2D eigenvalue weighted by Gasteiger charge is 2.39. The third kappa shape index (κ3) is 3.20. The van der Waals surface area contributed by atoms with Gasteiger partial charge in [-0.05, 0) is 25.0 Å². The minimum absolute atomic E-state index is 0.0487. The molecule has 10 heteroatoms. The second-order valence-corrected chi connectivity index (χ2v) is 8.05. The Labute approximate surface area is 147 Å². The predicted molar refractivity (Wildman–Crippen MR) is 86.0 cm³/mol. The molecule has 0 amide bonds. The van der Waals surface area contributed by atoms with Crippen LogP contribution in [0, 0.1) is 0 Å². The van der Waals surface area contributed by atoms with E-state index in [-0.39, 0.29) is 17.0 Å². The molecule has 1 aliphatic rings. The maximum absolute atomic E-state index is 13.2. The van der Waals surface area contributed by atoms with Crippen molar-refractivity contribution in [3.8, 4) is 0 Å². The van der Waals surface area contributed by atoms with Gasteiger partial charge in [0.05, 0.1) is 22.5 Å². The van der Waals surface area contributed by atoms with Gasteiger partial charge in [0, 0.05) is 24.8 Å². The van der Waals surface area contributed by atoms with Crippen molar-refractivity contribution in [2.45, 2.75) is 29.8 Å². The van der Waals surface area contributed by atoms with E-state index in [2.05, 4.69) is 10.5 Å². The van der Waals surface area contributed by atoms with Gasteiger partial charge in [-0.2, -0.15) is 13.2 Å². The molecule has 0 spiro atoms. The Bertz CT molecular complexity index is 976. The van der Waals surface area contributed by atoms with Gasteiger partial charge < -0.3 is 9.84 Å². The number of rotatable bonds is 5. The van der Waals surface area contributed by atoms with Gasteiger partial charge in [0.2, 0.25) is 0 Å². The zero-order chi connectivity index (χ0) is 19.3. The zero-order valence-electron chi connectivity index (χ0n) is 13.8. The summed E-state index contributed by atoms with van der Waals surface area (Å²) in [5, 5.41) is 6.05. The molecule has 0 atom stereocenters. The topological polar surface area (TPSA) is 89.3 Å². The average molecular weight is 388 g/mol. The molecule has 0 radical (unpaired) electrons. The second kappa shape index (κ2) is 6.11. The lowest BCUT2D eigenvalue weighted by Gasteiger charge is -2.18. The van der Waals surface area contributed by atoms with Crippen LogP contribution in [0.25, 0.3) is 0 Å². The van der Waals surface area contributed by atoms with Crippen LogP contribution in [-0.2, 0) is 16.0 Å². The van der Waals surface area contributed by atoms with Gasteiger partial charge in [-0.3, -0.25) is 4.79 Å².